The van der Waals surface area contributed by atoms with E-state index in [1.54, 1.807) is 6.07 Å². The van der Waals surface area contributed by atoms with Crippen molar-refractivity contribution in [2.75, 3.05) is 13.1 Å². The van der Waals surface area contributed by atoms with Gasteiger partial charge in [0.1, 0.15) is 5.58 Å². The van der Waals surface area contributed by atoms with Crippen molar-refractivity contribution in [3.63, 3.8) is 0 Å². The molecule has 3 N–H and O–H groups in total. The minimum absolute atomic E-state index is 0.0165. The molecule has 20 heavy (non-hydrogen) atoms. The van der Waals surface area contributed by atoms with Crippen molar-refractivity contribution in [1.82, 2.24) is 4.90 Å². The predicted octanol–water partition coefficient (Wildman–Crippen LogP) is 2.05. The van der Waals surface area contributed by atoms with Crippen molar-refractivity contribution in [3.8, 4) is 0 Å². The van der Waals surface area contributed by atoms with Crippen LogP contribution >= 0.6 is 0 Å². The third kappa shape index (κ3) is 2.69. The van der Waals surface area contributed by atoms with E-state index in [1.165, 1.54) is 0 Å². The minimum Gasteiger partial charge on any atom is -0.475 e. The summed E-state index contributed by atoms with van der Waals surface area (Å²) >= 11 is 0. The zero-order valence-electron chi connectivity index (χ0n) is 11.2. The van der Waals surface area contributed by atoms with Crippen LogP contribution in [0.25, 0.3) is 11.0 Å². The summed E-state index contributed by atoms with van der Waals surface area (Å²) in [5.74, 6) is -1.05. The molecule has 2 aromatic rings. The molecule has 0 spiro atoms. The first-order chi connectivity index (χ1) is 9.61. The number of hydrogen-bond donors (Lipinski definition) is 2. The predicted molar refractivity (Wildman–Crippen MR) is 75.7 cm³/mol. The zero-order valence-corrected chi connectivity index (χ0v) is 11.2. The van der Waals surface area contributed by atoms with Crippen molar-refractivity contribution < 1.29 is 14.3 Å². The van der Waals surface area contributed by atoms with Gasteiger partial charge in [-0.3, -0.25) is 4.90 Å². The maximum absolute atomic E-state index is 10.9. The maximum atomic E-state index is 10.9. The highest BCUT2D eigenvalue weighted by atomic mass is 16.4. The molecule has 2 heterocycles. The molecule has 1 saturated heterocycles. The summed E-state index contributed by atoms with van der Waals surface area (Å²) < 4.78 is 5.26. The molecule has 0 bridgehead atoms. The highest BCUT2D eigenvalue weighted by Crippen LogP contribution is 2.22. The Labute approximate surface area is 117 Å². The molecular weight excluding hydrogens is 256 g/mol. The standard InChI is InChI=1S/C15H18N2O3/c16-12-2-1-5-17(9-12)8-10-3-4-13-11(6-10)7-14(20-13)15(18)19/h3-4,6-7,12H,1-2,5,8-9,16H2,(H,18,19). The molecule has 0 saturated carbocycles. The van der Waals surface area contributed by atoms with Gasteiger partial charge in [-0.15, -0.1) is 0 Å². The second-order valence-electron chi connectivity index (χ2n) is 5.43. The van der Waals surface area contributed by atoms with Crippen LogP contribution in [0.15, 0.2) is 28.7 Å². The summed E-state index contributed by atoms with van der Waals surface area (Å²) in [6, 6.07) is 7.65. The Morgan fingerprint density at radius 2 is 2.30 bits per heavy atom. The molecular formula is C15H18N2O3. The quantitative estimate of drug-likeness (QED) is 0.895. The average Bonchev–Trinajstić information content (AvgIpc) is 2.82. The van der Waals surface area contributed by atoms with E-state index in [9.17, 15) is 4.79 Å². The van der Waals surface area contributed by atoms with Crippen LogP contribution in [0.3, 0.4) is 0 Å². The highest BCUT2D eigenvalue weighted by Gasteiger charge is 2.17. The van der Waals surface area contributed by atoms with Crippen LogP contribution in [-0.4, -0.2) is 35.1 Å². The Morgan fingerprint density at radius 3 is 3.05 bits per heavy atom. The van der Waals surface area contributed by atoms with Gasteiger partial charge in [-0.25, -0.2) is 4.79 Å². The van der Waals surface area contributed by atoms with Crippen LogP contribution in [0.1, 0.15) is 29.0 Å². The Kier molecular flexibility index (Phi) is 3.46. The molecule has 0 radical (unpaired) electrons. The molecule has 1 atom stereocenters. The largest absolute Gasteiger partial charge is 0.475 e. The van der Waals surface area contributed by atoms with Crippen LogP contribution < -0.4 is 5.73 Å². The molecule has 5 nitrogen and oxygen atoms in total. The molecule has 1 aromatic carbocycles. The second-order valence-corrected chi connectivity index (χ2v) is 5.43. The summed E-state index contributed by atoms with van der Waals surface area (Å²) in [7, 11) is 0. The van der Waals surface area contributed by atoms with Crippen molar-refractivity contribution in [2.45, 2.75) is 25.4 Å². The Hall–Kier alpha value is -1.85. The van der Waals surface area contributed by atoms with E-state index in [1.807, 2.05) is 18.2 Å². The molecule has 1 aliphatic rings. The summed E-state index contributed by atoms with van der Waals surface area (Å²) in [6.45, 7) is 2.83. The lowest BCUT2D eigenvalue weighted by Crippen LogP contribution is -2.42. The lowest BCUT2D eigenvalue weighted by Gasteiger charge is -2.30. The van der Waals surface area contributed by atoms with Crippen molar-refractivity contribution in [3.05, 3.63) is 35.6 Å². The fraction of sp³-hybridized carbons (Fsp3) is 0.400. The number of nitrogens with two attached hydrogens (primary N) is 1. The Morgan fingerprint density at radius 1 is 1.45 bits per heavy atom. The van der Waals surface area contributed by atoms with Gasteiger partial charge in [0.2, 0.25) is 5.76 Å². The zero-order chi connectivity index (χ0) is 14.1. The number of carboxylic acids is 1. The topological polar surface area (TPSA) is 79.7 Å². The third-order valence-electron chi connectivity index (χ3n) is 3.74. The van der Waals surface area contributed by atoms with Gasteiger partial charge in [-0.2, -0.15) is 0 Å². The summed E-state index contributed by atoms with van der Waals surface area (Å²) in [6.07, 6.45) is 2.23. The molecule has 0 aliphatic carbocycles. The van der Waals surface area contributed by atoms with Gasteiger partial charge >= 0.3 is 5.97 Å². The van der Waals surface area contributed by atoms with Gasteiger partial charge in [0.25, 0.3) is 0 Å². The van der Waals surface area contributed by atoms with Crippen molar-refractivity contribution in [2.24, 2.45) is 5.73 Å². The number of benzene rings is 1. The fourth-order valence-corrected chi connectivity index (χ4v) is 2.79. The molecule has 0 amide bonds. The number of furan rings is 1. The number of nitrogens with zero attached hydrogens (tertiary/aromatic N) is 1. The molecule has 1 aliphatic heterocycles. The van der Waals surface area contributed by atoms with Crippen LogP contribution in [0.5, 0.6) is 0 Å². The first kappa shape index (κ1) is 13.1. The maximum Gasteiger partial charge on any atom is 0.371 e. The average molecular weight is 274 g/mol. The number of fused-ring (bicyclic) bond motifs is 1. The molecule has 1 fully saturated rings. The second kappa shape index (κ2) is 5.26. The van der Waals surface area contributed by atoms with E-state index < -0.39 is 5.97 Å². The van der Waals surface area contributed by atoms with Crippen LogP contribution in [0, 0.1) is 0 Å². The fourth-order valence-electron chi connectivity index (χ4n) is 2.79. The first-order valence-corrected chi connectivity index (χ1v) is 6.85. The van der Waals surface area contributed by atoms with Gasteiger partial charge in [0.05, 0.1) is 0 Å². The summed E-state index contributed by atoms with van der Waals surface area (Å²) in [4.78, 5) is 13.2. The number of hydrogen-bond acceptors (Lipinski definition) is 4. The lowest BCUT2D eigenvalue weighted by atomic mass is 10.1. The van der Waals surface area contributed by atoms with Gasteiger partial charge in [-0.1, -0.05) is 6.07 Å². The van der Waals surface area contributed by atoms with Gasteiger partial charge in [-0.05, 0) is 43.1 Å². The normalized spacial score (nSPS) is 20.4. The van der Waals surface area contributed by atoms with Gasteiger partial charge in [0, 0.05) is 24.5 Å². The molecule has 3 rings (SSSR count). The van der Waals surface area contributed by atoms with E-state index >= 15 is 0 Å². The van der Waals surface area contributed by atoms with Crippen LogP contribution in [0.2, 0.25) is 0 Å². The van der Waals surface area contributed by atoms with Crippen molar-refractivity contribution >= 4 is 16.9 Å². The van der Waals surface area contributed by atoms with E-state index in [0.29, 0.717) is 5.58 Å². The summed E-state index contributed by atoms with van der Waals surface area (Å²) in [5.41, 5.74) is 7.75. The van der Waals surface area contributed by atoms with E-state index in [-0.39, 0.29) is 11.8 Å². The Balaban J connectivity index is 1.79. The molecule has 106 valence electrons. The molecule has 1 unspecified atom stereocenters. The van der Waals surface area contributed by atoms with Gasteiger partial charge in [0.15, 0.2) is 0 Å². The molecule has 1 aromatic heterocycles. The first-order valence-electron chi connectivity index (χ1n) is 6.85. The Bertz CT molecular complexity index is 635. The minimum atomic E-state index is -1.04. The number of likely N-dealkylation sites (tertiary alicyclic amines) is 1. The van der Waals surface area contributed by atoms with Gasteiger partial charge < -0.3 is 15.3 Å². The van der Waals surface area contributed by atoms with Crippen LogP contribution in [-0.2, 0) is 6.54 Å². The molecule has 5 heteroatoms. The van der Waals surface area contributed by atoms with E-state index in [0.717, 1.165) is 43.4 Å². The number of carbonyl (C=O) groups is 1. The number of piperidine rings is 1. The number of rotatable bonds is 3. The number of carboxylic acid groups (broad SMARTS) is 1. The van der Waals surface area contributed by atoms with E-state index in [2.05, 4.69) is 4.90 Å². The third-order valence-corrected chi connectivity index (χ3v) is 3.74. The van der Waals surface area contributed by atoms with Crippen LogP contribution in [0.4, 0.5) is 0 Å². The van der Waals surface area contributed by atoms with E-state index in [4.69, 9.17) is 15.3 Å². The van der Waals surface area contributed by atoms with Crippen molar-refractivity contribution in [1.29, 1.82) is 0 Å². The highest BCUT2D eigenvalue weighted by molar-refractivity contribution is 5.91. The smallest absolute Gasteiger partial charge is 0.371 e. The lowest BCUT2D eigenvalue weighted by molar-refractivity contribution is 0.0665. The SMILES string of the molecule is NC1CCCN(Cc2ccc3oc(C(=O)O)cc3c2)C1. The monoisotopic (exact) mass is 274 g/mol. The summed E-state index contributed by atoms with van der Waals surface area (Å²) in [5, 5.41) is 9.76. The number of aromatic carboxylic acids is 1.